The number of halogens is 1. The van der Waals surface area contributed by atoms with Gasteiger partial charge in [0.15, 0.2) is 0 Å². The number of nitrogens with zero attached hydrogens (tertiary/aromatic N) is 1. The second-order valence-corrected chi connectivity index (χ2v) is 1.72. The SMILES string of the molecule is [C-]#[N+]CCCBr. The maximum atomic E-state index is 6.31. The first-order chi connectivity index (χ1) is 2.91. The van der Waals surface area contributed by atoms with E-state index in [2.05, 4.69) is 20.8 Å². The van der Waals surface area contributed by atoms with E-state index >= 15 is 0 Å². The van der Waals surface area contributed by atoms with Crippen molar-refractivity contribution in [3.63, 3.8) is 0 Å². The van der Waals surface area contributed by atoms with Crippen LogP contribution in [0.4, 0.5) is 0 Å². The van der Waals surface area contributed by atoms with E-state index in [1.54, 1.807) is 0 Å². The second-order valence-electron chi connectivity index (χ2n) is 0.924. The van der Waals surface area contributed by atoms with Gasteiger partial charge in [-0.05, 0) is 0 Å². The predicted octanol–water partition coefficient (Wildman–Crippen LogP) is 1.69. The molecule has 0 aliphatic carbocycles. The van der Waals surface area contributed by atoms with E-state index in [9.17, 15) is 0 Å². The molecule has 0 aliphatic heterocycles. The molecule has 0 aromatic carbocycles. The van der Waals surface area contributed by atoms with Gasteiger partial charge in [-0.25, -0.2) is 6.57 Å². The fraction of sp³-hybridized carbons (Fsp3) is 0.750. The van der Waals surface area contributed by atoms with Crippen LogP contribution in [0.3, 0.4) is 0 Å². The highest BCUT2D eigenvalue weighted by molar-refractivity contribution is 9.09. The van der Waals surface area contributed by atoms with Crippen LogP contribution < -0.4 is 0 Å². The first kappa shape index (κ1) is 5.97. The van der Waals surface area contributed by atoms with Gasteiger partial charge in [0.05, 0.1) is 0 Å². The van der Waals surface area contributed by atoms with Gasteiger partial charge in [0.25, 0.3) is 0 Å². The van der Waals surface area contributed by atoms with Crippen molar-refractivity contribution in [2.75, 3.05) is 11.9 Å². The average Bonchev–Trinajstić information content (AvgIpc) is 1.61. The summed E-state index contributed by atoms with van der Waals surface area (Å²) < 4.78 is 0. The summed E-state index contributed by atoms with van der Waals surface area (Å²) in [5.74, 6) is 0. The number of hydrogen-bond donors (Lipinski definition) is 0. The molecule has 0 aromatic heterocycles. The van der Waals surface area contributed by atoms with Gasteiger partial charge in [0.2, 0.25) is 6.54 Å². The van der Waals surface area contributed by atoms with Crippen LogP contribution in [-0.4, -0.2) is 11.9 Å². The third-order valence-corrected chi connectivity index (χ3v) is 0.964. The van der Waals surface area contributed by atoms with E-state index in [4.69, 9.17) is 6.57 Å². The van der Waals surface area contributed by atoms with Gasteiger partial charge in [0, 0.05) is 11.8 Å². The molecule has 0 radical (unpaired) electrons. The number of hydrogen-bond acceptors (Lipinski definition) is 0. The second kappa shape index (κ2) is 4.97. The molecule has 0 fully saturated rings. The fourth-order valence-electron chi connectivity index (χ4n) is 0.139. The third kappa shape index (κ3) is 3.97. The molecular formula is C4H6BrN. The molecule has 1 nitrogen and oxygen atoms in total. The van der Waals surface area contributed by atoms with Crippen molar-refractivity contribution in [3.05, 3.63) is 11.4 Å². The van der Waals surface area contributed by atoms with Gasteiger partial charge in [-0.3, -0.25) is 0 Å². The van der Waals surface area contributed by atoms with Crippen LogP contribution in [0.15, 0.2) is 0 Å². The van der Waals surface area contributed by atoms with Crippen LogP contribution in [-0.2, 0) is 0 Å². The summed E-state index contributed by atoms with van der Waals surface area (Å²) in [4.78, 5) is 3.15. The van der Waals surface area contributed by atoms with Crippen molar-refractivity contribution in [1.82, 2.24) is 0 Å². The maximum Gasteiger partial charge on any atom is 0.215 e. The van der Waals surface area contributed by atoms with Crippen molar-refractivity contribution in [1.29, 1.82) is 0 Å². The van der Waals surface area contributed by atoms with Gasteiger partial charge in [0.1, 0.15) is 0 Å². The molecule has 0 aromatic rings. The minimum atomic E-state index is 0.658. The minimum Gasteiger partial charge on any atom is -0.317 e. The van der Waals surface area contributed by atoms with E-state index in [0.29, 0.717) is 6.54 Å². The van der Waals surface area contributed by atoms with Crippen LogP contribution in [0.25, 0.3) is 4.85 Å². The van der Waals surface area contributed by atoms with Crippen LogP contribution in [0, 0.1) is 6.57 Å². The Labute approximate surface area is 46.3 Å². The van der Waals surface area contributed by atoms with Crippen molar-refractivity contribution >= 4 is 15.9 Å². The molecule has 0 heterocycles. The largest absolute Gasteiger partial charge is 0.317 e. The highest BCUT2D eigenvalue weighted by Crippen LogP contribution is 1.85. The summed E-state index contributed by atoms with van der Waals surface area (Å²) in [6.45, 7) is 6.97. The Morgan fingerprint density at radius 1 is 1.67 bits per heavy atom. The molecule has 34 valence electrons. The zero-order chi connectivity index (χ0) is 4.83. The third-order valence-electron chi connectivity index (χ3n) is 0.404. The van der Waals surface area contributed by atoms with Gasteiger partial charge < -0.3 is 4.85 Å². The molecule has 0 rings (SSSR count). The molecular weight excluding hydrogens is 142 g/mol. The zero-order valence-electron chi connectivity index (χ0n) is 3.45. The Hall–Kier alpha value is -0.0300. The highest BCUT2D eigenvalue weighted by atomic mass is 79.9. The van der Waals surface area contributed by atoms with E-state index < -0.39 is 0 Å². The molecule has 0 aliphatic rings. The lowest BCUT2D eigenvalue weighted by atomic mass is 10.5. The molecule has 0 unspecified atom stereocenters. The summed E-state index contributed by atoms with van der Waals surface area (Å²) in [6.07, 6.45) is 0.976. The number of rotatable bonds is 2. The molecule has 0 saturated heterocycles. The lowest BCUT2D eigenvalue weighted by Crippen LogP contribution is -1.74. The quantitative estimate of drug-likeness (QED) is 0.319. The predicted molar refractivity (Wildman–Crippen MR) is 29.9 cm³/mol. The Morgan fingerprint density at radius 3 is 2.50 bits per heavy atom. The fourth-order valence-corrected chi connectivity index (χ4v) is 0.390. The standard InChI is InChI=1S/C4H6BrN/c1-6-4-2-3-5/h2-4H2. The maximum absolute atomic E-state index is 6.31. The van der Waals surface area contributed by atoms with E-state index in [0.717, 1.165) is 11.8 Å². The Morgan fingerprint density at radius 2 is 2.33 bits per heavy atom. The van der Waals surface area contributed by atoms with Crippen LogP contribution in [0.2, 0.25) is 0 Å². The molecule has 2 heteroatoms. The Bertz CT molecular complexity index is 55.1. The van der Waals surface area contributed by atoms with Crippen molar-refractivity contribution in [2.45, 2.75) is 6.42 Å². The van der Waals surface area contributed by atoms with Crippen molar-refractivity contribution in [3.8, 4) is 0 Å². The minimum absolute atomic E-state index is 0.658. The normalized spacial score (nSPS) is 7.33. The number of alkyl halides is 1. The smallest absolute Gasteiger partial charge is 0.215 e. The van der Waals surface area contributed by atoms with Crippen molar-refractivity contribution < 1.29 is 0 Å². The lowest BCUT2D eigenvalue weighted by molar-refractivity contribution is 1.06. The average molecular weight is 148 g/mol. The zero-order valence-corrected chi connectivity index (χ0v) is 5.03. The lowest BCUT2D eigenvalue weighted by Gasteiger charge is -1.74. The first-order valence-corrected chi connectivity index (χ1v) is 2.93. The van der Waals surface area contributed by atoms with Crippen LogP contribution in [0.1, 0.15) is 6.42 Å². The van der Waals surface area contributed by atoms with Gasteiger partial charge in [-0.15, -0.1) is 0 Å². The van der Waals surface area contributed by atoms with Gasteiger partial charge in [-0.1, -0.05) is 15.9 Å². The van der Waals surface area contributed by atoms with E-state index in [1.807, 2.05) is 0 Å². The first-order valence-electron chi connectivity index (χ1n) is 1.81. The molecule has 6 heavy (non-hydrogen) atoms. The molecule has 0 N–H and O–H groups in total. The summed E-state index contributed by atoms with van der Waals surface area (Å²) >= 11 is 3.21. The molecule has 0 amide bonds. The van der Waals surface area contributed by atoms with Crippen LogP contribution >= 0.6 is 15.9 Å². The van der Waals surface area contributed by atoms with E-state index in [1.165, 1.54) is 0 Å². The summed E-state index contributed by atoms with van der Waals surface area (Å²) in [7, 11) is 0. The Kier molecular flexibility index (Phi) is 4.95. The highest BCUT2D eigenvalue weighted by Gasteiger charge is 1.79. The summed E-state index contributed by atoms with van der Waals surface area (Å²) in [6, 6.07) is 0. The van der Waals surface area contributed by atoms with Gasteiger partial charge >= 0.3 is 0 Å². The molecule has 0 saturated carbocycles. The monoisotopic (exact) mass is 147 g/mol. The topological polar surface area (TPSA) is 4.36 Å². The Balaban J connectivity index is 2.54. The molecule has 0 bridgehead atoms. The summed E-state index contributed by atoms with van der Waals surface area (Å²) in [5, 5.41) is 0.954. The molecule has 0 atom stereocenters. The summed E-state index contributed by atoms with van der Waals surface area (Å²) in [5.41, 5.74) is 0. The van der Waals surface area contributed by atoms with E-state index in [-0.39, 0.29) is 0 Å². The van der Waals surface area contributed by atoms with Crippen molar-refractivity contribution in [2.24, 2.45) is 0 Å². The molecule has 0 spiro atoms. The van der Waals surface area contributed by atoms with Gasteiger partial charge in [-0.2, -0.15) is 0 Å². The van der Waals surface area contributed by atoms with Crippen LogP contribution in [0.5, 0.6) is 0 Å².